The number of aromatic nitrogens is 2. The molecule has 4 rings (SSSR count). The van der Waals surface area contributed by atoms with Crippen molar-refractivity contribution in [2.45, 2.75) is 20.3 Å². The molecule has 0 bridgehead atoms. The molecule has 0 spiro atoms. The summed E-state index contributed by atoms with van der Waals surface area (Å²) in [7, 11) is 1.58. The molecular weight excluding hydrogens is 352 g/mol. The van der Waals surface area contributed by atoms with E-state index in [1.807, 2.05) is 44.2 Å². The highest BCUT2D eigenvalue weighted by molar-refractivity contribution is 6.04. The number of benzene rings is 2. The van der Waals surface area contributed by atoms with Gasteiger partial charge in [-0.2, -0.15) is 0 Å². The van der Waals surface area contributed by atoms with E-state index in [9.17, 15) is 4.79 Å². The van der Waals surface area contributed by atoms with Crippen molar-refractivity contribution in [1.29, 1.82) is 0 Å². The van der Waals surface area contributed by atoms with Crippen LogP contribution in [0.5, 0.6) is 5.75 Å². The van der Waals surface area contributed by atoms with Gasteiger partial charge in [0.05, 0.1) is 12.8 Å². The lowest BCUT2D eigenvalue weighted by molar-refractivity contribution is 0.102. The first-order chi connectivity index (χ1) is 13.5. The number of methoxy groups -OCH3 is 1. The number of hydrogen-bond acceptors (Lipinski definition) is 5. The third-order valence-corrected chi connectivity index (χ3v) is 4.81. The number of nitrogens with one attached hydrogen (secondary N) is 1. The Hall–Kier alpha value is -3.41. The van der Waals surface area contributed by atoms with Crippen molar-refractivity contribution >= 4 is 23.2 Å². The van der Waals surface area contributed by atoms with Gasteiger partial charge in [-0.3, -0.25) is 4.79 Å². The van der Waals surface area contributed by atoms with E-state index in [0.29, 0.717) is 23.1 Å². The van der Waals surface area contributed by atoms with Gasteiger partial charge in [0, 0.05) is 17.9 Å². The van der Waals surface area contributed by atoms with Crippen LogP contribution in [0.1, 0.15) is 27.3 Å². The van der Waals surface area contributed by atoms with Crippen LogP contribution in [0.4, 0.5) is 17.3 Å². The maximum atomic E-state index is 12.9. The molecule has 1 aliphatic rings. The number of aryl methyl sites for hydroxylation is 2. The van der Waals surface area contributed by atoms with E-state index in [2.05, 4.69) is 32.3 Å². The molecule has 2 heterocycles. The Balaban J connectivity index is 1.65. The lowest BCUT2D eigenvalue weighted by atomic mass is 10.2. The molecule has 1 aliphatic heterocycles. The standard InChI is InChI=1S/C22H22N4O2/c1-14-8-9-20(28-3)17(12-14)24-21(27)18-13-15(2)23-22(25-18)26-11-10-16-6-4-5-7-19(16)26/h4-9,12-13H,10-11H2,1-3H3,(H,24,27). The number of rotatable bonds is 4. The molecule has 0 saturated heterocycles. The summed E-state index contributed by atoms with van der Waals surface area (Å²) in [6.07, 6.45) is 0.940. The normalized spacial score (nSPS) is 12.6. The monoisotopic (exact) mass is 374 g/mol. The average molecular weight is 374 g/mol. The van der Waals surface area contributed by atoms with Gasteiger partial charge in [0.15, 0.2) is 0 Å². The number of para-hydroxylation sites is 1. The molecule has 0 unspecified atom stereocenters. The van der Waals surface area contributed by atoms with Gasteiger partial charge in [0.1, 0.15) is 11.4 Å². The molecule has 6 nitrogen and oxygen atoms in total. The molecule has 3 aromatic rings. The molecule has 142 valence electrons. The first kappa shape index (κ1) is 18.0. The van der Waals surface area contributed by atoms with Crippen molar-refractivity contribution in [3.8, 4) is 5.75 Å². The summed E-state index contributed by atoms with van der Waals surface area (Å²) in [4.78, 5) is 24.1. The number of amides is 1. The van der Waals surface area contributed by atoms with Gasteiger partial charge in [-0.05, 0) is 55.7 Å². The summed E-state index contributed by atoms with van der Waals surface area (Å²) in [6, 6.07) is 15.6. The minimum Gasteiger partial charge on any atom is -0.495 e. The minimum absolute atomic E-state index is 0.289. The number of anilines is 3. The SMILES string of the molecule is COc1ccc(C)cc1NC(=O)c1cc(C)nc(N2CCc3ccccc32)n1. The van der Waals surface area contributed by atoms with E-state index >= 15 is 0 Å². The second kappa shape index (κ2) is 7.31. The van der Waals surface area contributed by atoms with E-state index in [4.69, 9.17) is 4.74 Å². The van der Waals surface area contributed by atoms with Gasteiger partial charge in [0.2, 0.25) is 5.95 Å². The van der Waals surface area contributed by atoms with Crippen molar-refractivity contribution < 1.29 is 9.53 Å². The predicted molar refractivity (Wildman–Crippen MR) is 110 cm³/mol. The number of hydrogen-bond donors (Lipinski definition) is 1. The summed E-state index contributed by atoms with van der Waals surface area (Å²) in [5.74, 6) is 0.868. The van der Waals surface area contributed by atoms with E-state index in [1.165, 1.54) is 5.56 Å². The Labute approximate surface area is 164 Å². The molecule has 0 aliphatic carbocycles. The molecular formula is C22H22N4O2. The van der Waals surface area contributed by atoms with Crippen LogP contribution in [0.3, 0.4) is 0 Å². The highest BCUT2D eigenvalue weighted by Gasteiger charge is 2.23. The van der Waals surface area contributed by atoms with Crippen LogP contribution in [-0.4, -0.2) is 29.5 Å². The van der Waals surface area contributed by atoms with Crippen LogP contribution >= 0.6 is 0 Å². The second-order valence-electron chi connectivity index (χ2n) is 6.88. The molecule has 1 N–H and O–H groups in total. The van der Waals surface area contributed by atoms with Crippen LogP contribution in [0, 0.1) is 13.8 Å². The highest BCUT2D eigenvalue weighted by Crippen LogP contribution is 2.32. The van der Waals surface area contributed by atoms with E-state index in [-0.39, 0.29) is 5.91 Å². The predicted octanol–water partition coefficient (Wildman–Crippen LogP) is 4.05. The van der Waals surface area contributed by atoms with Gasteiger partial charge in [-0.1, -0.05) is 24.3 Å². The zero-order chi connectivity index (χ0) is 19.7. The summed E-state index contributed by atoms with van der Waals surface area (Å²) in [5, 5.41) is 2.91. The smallest absolute Gasteiger partial charge is 0.274 e. The van der Waals surface area contributed by atoms with E-state index in [0.717, 1.165) is 29.9 Å². The van der Waals surface area contributed by atoms with Crippen molar-refractivity contribution in [2.24, 2.45) is 0 Å². The topological polar surface area (TPSA) is 67.3 Å². The molecule has 0 atom stereocenters. The van der Waals surface area contributed by atoms with Crippen LogP contribution in [-0.2, 0) is 6.42 Å². The van der Waals surface area contributed by atoms with Crippen LogP contribution in [0.2, 0.25) is 0 Å². The fourth-order valence-corrected chi connectivity index (χ4v) is 3.44. The Morgan fingerprint density at radius 2 is 1.93 bits per heavy atom. The third-order valence-electron chi connectivity index (χ3n) is 4.81. The fraction of sp³-hybridized carbons (Fsp3) is 0.227. The van der Waals surface area contributed by atoms with Gasteiger partial charge in [-0.15, -0.1) is 0 Å². The molecule has 2 aromatic carbocycles. The number of nitrogens with zero attached hydrogens (tertiary/aromatic N) is 3. The second-order valence-corrected chi connectivity index (χ2v) is 6.88. The molecule has 0 saturated carbocycles. The Bertz CT molecular complexity index is 1050. The Kier molecular flexibility index (Phi) is 4.69. The van der Waals surface area contributed by atoms with Crippen LogP contribution < -0.4 is 15.0 Å². The van der Waals surface area contributed by atoms with Crippen molar-refractivity contribution in [3.63, 3.8) is 0 Å². The number of ether oxygens (including phenoxy) is 1. The van der Waals surface area contributed by atoms with Crippen LogP contribution in [0.25, 0.3) is 0 Å². The number of carbonyl (C=O) groups excluding carboxylic acids is 1. The molecule has 0 fully saturated rings. The lowest BCUT2D eigenvalue weighted by Crippen LogP contribution is -2.21. The van der Waals surface area contributed by atoms with E-state index < -0.39 is 0 Å². The van der Waals surface area contributed by atoms with Gasteiger partial charge >= 0.3 is 0 Å². The maximum Gasteiger partial charge on any atom is 0.274 e. The van der Waals surface area contributed by atoms with Gasteiger partial charge < -0.3 is 15.0 Å². The largest absolute Gasteiger partial charge is 0.495 e. The number of fused-ring (bicyclic) bond motifs is 1. The molecule has 1 aromatic heterocycles. The first-order valence-corrected chi connectivity index (χ1v) is 9.22. The Morgan fingerprint density at radius 3 is 2.75 bits per heavy atom. The minimum atomic E-state index is -0.289. The average Bonchev–Trinajstić information content (AvgIpc) is 3.12. The highest BCUT2D eigenvalue weighted by atomic mass is 16.5. The first-order valence-electron chi connectivity index (χ1n) is 9.22. The van der Waals surface area contributed by atoms with E-state index in [1.54, 1.807) is 13.2 Å². The summed E-state index contributed by atoms with van der Waals surface area (Å²) < 4.78 is 5.35. The lowest BCUT2D eigenvalue weighted by Gasteiger charge is -2.18. The molecule has 28 heavy (non-hydrogen) atoms. The van der Waals surface area contributed by atoms with Crippen molar-refractivity contribution in [3.05, 3.63) is 71.0 Å². The zero-order valence-electron chi connectivity index (χ0n) is 16.2. The molecule has 6 heteroatoms. The maximum absolute atomic E-state index is 12.9. The van der Waals surface area contributed by atoms with Crippen molar-refractivity contribution in [2.75, 3.05) is 23.9 Å². The molecule has 0 radical (unpaired) electrons. The quantitative estimate of drug-likeness (QED) is 0.746. The summed E-state index contributed by atoms with van der Waals surface area (Å²) in [5.41, 5.74) is 5.09. The number of carbonyl (C=O) groups is 1. The van der Waals surface area contributed by atoms with Gasteiger partial charge in [0.25, 0.3) is 5.91 Å². The van der Waals surface area contributed by atoms with Crippen LogP contribution in [0.15, 0.2) is 48.5 Å². The zero-order valence-corrected chi connectivity index (χ0v) is 16.2. The molecule has 1 amide bonds. The van der Waals surface area contributed by atoms with Gasteiger partial charge in [-0.25, -0.2) is 9.97 Å². The van der Waals surface area contributed by atoms with Crippen molar-refractivity contribution in [1.82, 2.24) is 9.97 Å². The summed E-state index contributed by atoms with van der Waals surface area (Å²) >= 11 is 0. The Morgan fingerprint density at radius 1 is 1.11 bits per heavy atom. The summed E-state index contributed by atoms with van der Waals surface area (Å²) in [6.45, 7) is 4.64. The third kappa shape index (κ3) is 3.41. The fourth-order valence-electron chi connectivity index (χ4n) is 3.44.